The summed E-state index contributed by atoms with van der Waals surface area (Å²) in [7, 11) is 2.13. The number of allylic oxidation sites excluding steroid dienone is 2. The molecule has 2 N–H and O–H groups in total. The first-order valence-corrected chi connectivity index (χ1v) is 12.9. The average Bonchev–Trinajstić information content (AvgIpc) is 2.87. The maximum atomic E-state index is 11.3. The lowest BCUT2D eigenvalue weighted by Gasteiger charge is -2.29. The summed E-state index contributed by atoms with van der Waals surface area (Å²) >= 11 is 0. The van der Waals surface area contributed by atoms with Crippen molar-refractivity contribution in [3.05, 3.63) is 60.7 Å². The molecule has 0 saturated carbocycles. The molecule has 1 aliphatic heterocycles. The standard InChI is InChI=1S/C28H44N4O3/c1-5-9-25(10-7-6-8-15-30-27-22-29-16-13-26(27)28(33)34)14-17-31(4)23(2)11-12-24(3)32-18-20-35-21-19-32/h11-14,16-17,22-23,25,30H,3,5-10,15,18-21H2,1-2,4H3,(H,33,34)/b12-11-,17-14+. The highest BCUT2D eigenvalue weighted by Gasteiger charge is 2.11. The van der Waals surface area contributed by atoms with Gasteiger partial charge in [0.1, 0.15) is 0 Å². The molecule has 2 rings (SSSR count). The lowest BCUT2D eigenvalue weighted by Crippen LogP contribution is -2.34. The molecule has 0 radical (unpaired) electrons. The van der Waals surface area contributed by atoms with Gasteiger partial charge >= 0.3 is 5.97 Å². The van der Waals surface area contributed by atoms with E-state index in [0.717, 1.165) is 57.8 Å². The molecule has 2 unspecified atom stereocenters. The van der Waals surface area contributed by atoms with Crippen molar-refractivity contribution in [2.75, 3.05) is 45.2 Å². The number of aromatic carboxylic acids is 1. The Labute approximate surface area is 211 Å². The second kappa shape index (κ2) is 16.0. The Morgan fingerprint density at radius 2 is 2.06 bits per heavy atom. The summed E-state index contributed by atoms with van der Waals surface area (Å²) in [4.78, 5) is 19.8. The number of nitrogens with one attached hydrogen (secondary N) is 1. The van der Waals surface area contributed by atoms with Crippen molar-refractivity contribution in [2.24, 2.45) is 5.92 Å². The number of carbonyl (C=O) groups is 1. The van der Waals surface area contributed by atoms with E-state index in [2.05, 4.69) is 72.0 Å². The van der Waals surface area contributed by atoms with E-state index >= 15 is 0 Å². The number of hydrogen-bond acceptors (Lipinski definition) is 6. The molecule has 0 amide bonds. The van der Waals surface area contributed by atoms with E-state index in [9.17, 15) is 9.90 Å². The normalized spacial score (nSPS) is 15.9. The van der Waals surface area contributed by atoms with Crippen LogP contribution in [0.2, 0.25) is 0 Å². The summed E-state index contributed by atoms with van der Waals surface area (Å²) < 4.78 is 5.42. The van der Waals surface area contributed by atoms with E-state index in [1.165, 1.54) is 31.5 Å². The Morgan fingerprint density at radius 1 is 1.29 bits per heavy atom. The van der Waals surface area contributed by atoms with Crippen molar-refractivity contribution >= 4 is 11.7 Å². The van der Waals surface area contributed by atoms with Crippen LogP contribution >= 0.6 is 0 Å². The van der Waals surface area contributed by atoms with Gasteiger partial charge in [-0.1, -0.05) is 44.9 Å². The van der Waals surface area contributed by atoms with Crippen molar-refractivity contribution in [2.45, 2.75) is 58.4 Å². The van der Waals surface area contributed by atoms with Gasteiger partial charge in [-0.3, -0.25) is 4.98 Å². The third-order valence-electron chi connectivity index (χ3n) is 6.50. The van der Waals surface area contributed by atoms with Crippen molar-refractivity contribution in [3.8, 4) is 0 Å². The highest BCUT2D eigenvalue weighted by Crippen LogP contribution is 2.19. The average molecular weight is 485 g/mol. The molecule has 2 heterocycles. The molecule has 1 aliphatic rings. The van der Waals surface area contributed by atoms with Gasteiger partial charge in [-0.05, 0) is 50.4 Å². The maximum Gasteiger partial charge on any atom is 0.337 e. The van der Waals surface area contributed by atoms with Crippen LogP contribution in [0.4, 0.5) is 5.69 Å². The summed E-state index contributed by atoms with van der Waals surface area (Å²) in [6.45, 7) is 12.8. The third-order valence-corrected chi connectivity index (χ3v) is 6.50. The van der Waals surface area contributed by atoms with Crippen LogP contribution in [-0.4, -0.2) is 71.8 Å². The fourth-order valence-electron chi connectivity index (χ4n) is 4.10. The SMILES string of the molecule is C=C(/C=C\C(C)N(C)/C=C/C(CCC)CCCCCNc1cnccc1C(=O)O)N1CCOCC1. The zero-order valence-corrected chi connectivity index (χ0v) is 21.8. The first kappa shape index (κ1) is 28.4. The molecule has 1 saturated heterocycles. The van der Waals surface area contributed by atoms with E-state index < -0.39 is 5.97 Å². The highest BCUT2D eigenvalue weighted by molar-refractivity contribution is 5.93. The summed E-state index contributed by atoms with van der Waals surface area (Å²) in [5, 5.41) is 12.5. The molecule has 0 aliphatic carbocycles. The van der Waals surface area contributed by atoms with E-state index in [-0.39, 0.29) is 5.56 Å². The number of unbranched alkanes of at least 4 members (excludes halogenated alkanes) is 2. The quantitative estimate of drug-likeness (QED) is 0.240. The predicted molar refractivity (Wildman–Crippen MR) is 144 cm³/mol. The van der Waals surface area contributed by atoms with Crippen molar-refractivity contribution in [1.82, 2.24) is 14.8 Å². The Kier molecular flexibility index (Phi) is 13.0. The van der Waals surface area contributed by atoms with Crippen LogP contribution in [0.25, 0.3) is 0 Å². The molecule has 7 nitrogen and oxygen atoms in total. The van der Waals surface area contributed by atoms with Gasteiger partial charge in [0.05, 0.1) is 30.7 Å². The van der Waals surface area contributed by atoms with Crippen LogP contribution in [0.3, 0.4) is 0 Å². The number of rotatable bonds is 16. The summed E-state index contributed by atoms with van der Waals surface area (Å²) in [6.07, 6.45) is 18.8. The van der Waals surface area contributed by atoms with Gasteiger partial charge in [-0.2, -0.15) is 0 Å². The van der Waals surface area contributed by atoms with E-state index in [4.69, 9.17) is 4.74 Å². The summed E-state index contributed by atoms with van der Waals surface area (Å²) in [5.41, 5.74) is 1.91. The van der Waals surface area contributed by atoms with Crippen LogP contribution in [0.1, 0.15) is 62.7 Å². The van der Waals surface area contributed by atoms with Crippen LogP contribution < -0.4 is 5.32 Å². The lowest BCUT2D eigenvalue weighted by molar-refractivity contribution is 0.0556. The van der Waals surface area contributed by atoms with Gasteiger partial charge in [-0.15, -0.1) is 0 Å². The highest BCUT2D eigenvalue weighted by atomic mass is 16.5. The minimum atomic E-state index is -0.930. The molecule has 7 heteroatoms. The molecule has 0 aromatic carbocycles. The fourth-order valence-corrected chi connectivity index (χ4v) is 4.10. The predicted octanol–water partition coefficient (Wildman–Crippen LogP) is 5.40. The Morgan fingerprint density at radius 3 is 2.77 bits per heavy atom. The number of aromatic nitrogens is 1. The molecule has 1 aromatic heterocycles. The van der Waals surface area contributed by atoms with Gasteiger partial charge in [0.25, 0.3) is 0 Å². The van der Waals surface area contributed by atoms with E-state index in [1.807, 2.05) is 0 Å². The number of anilines is 1. The number of nitrogens with zero attached hydrogens (tertiary/aromatic N) is 3. The van der Waals surface area contributed by atoms with Gasteiger partial charge < -0.3 is 25.0 Å². The van der Waals surface area contributed by atoms with Crippen molar-refractivity contribution < 1.29 is 14.6 Å². The number of ether oxygens (including phenoxy) is 1. The molecule has 0 spiro atoms. The first-order chi connectivity index (χ1) is 16.9. The Balaban J connectivity index is 1.71. The summed E-state index contributed by atoms with van der Waals surface area (Å²) in [6, 6.07) is 1.82. The number of likely N-dealkylation sites (N-methyl/N-ethyl adjacent to an activating group) is 1. The maximum absolute atomic E-state index is 11.3. The van der Waals surface area contributed by atoms with Gasteiger partial charge in [0.2, 0.25) is 0 Å². The van der Waals surface area contributed by atoms with Crippen LogP contribution in [0.5, 0.6) is 0 Å². The molecule has 194 valence electrons. The molecule has 1 fully saturated rings. The zero-order chi connectivity index (χ0) is 25.5. The lowest BCUT2D eigenvalue weighted by atomic mass is 9.96. The minimum Gasteiger partial charge on any atom is -0.478 e. The van der Waals surface area contributed by atoms with Crippen LogP contribution in [0, 0.1) is 5.92 Å². The largest absolute Gasteiger partial charge is 0.478 e. The first-order valence-electron chi connectivity index (χ1n) is 12.9. The van der Waals surface area contributed by atoms with Gasteiger partial charge in [0.15, 0.2) is 0 Å². The molecule has 35 heavy (non-hydrogen) atoms. The zero-order valence-electron chi connectivity index (χ0n) is 21.8. The fraction of sp³-hybridized carbons (Fsp3) is 0.571. The second-order valence-electron chi connectivity index (χ2n) is 9.25. The topological polar surface area (TPSA) is 77.9 Å². The van der Waals surface area contributed by atoms with Crippen molar-refractivity contribution in [3.63, 3.8) is 0 Å². The van der Waals surface area contributed by atoms with Crippen LogP contribution in [0.15, 0.2) is 55.2 Å². The number of carboxylic acids is 1. The third kappa shape index (κ3) is 10.6. The van der Waals surface area contributed by atoms with Gasteiger partial charge in [0, 0.05) is 44.6 Å². The Hall–Kier alpha value is -2.80. The number of hydrogen-bond donors (Lipinski definition) is 2. The number of morpholine rings is 1. The second-order valence-corrected chi connectivity index (χ2v) is 9.25. The Bertz CT molecular complexity index is 833. The molecule has 1 aromatic rings. The molecular weight excluding hydrogens is 440 g/mol. The molecule has 0 bridgehead atoms. The van der Waals surface area contributed by atoms with Gasteiger partial charge in [-0.25, -0.2) is 4.79 Å². The van der Waals surface area contributed by atoms with E-state index in [1.54, 1.807) is 6.20 Å². The molecule has 2 atom stereocenters. The minimum absolute atomic E-state index is 0.270. The number of pyridine rings is 1. The monoisotopic (exact) mass is 484 g/mol. The van der Waals surface area contributed by atoms with Crippen molar-refractivity contribution in [1.29, 1.82) is 0 Å². The molecular formula is C28H44N4O3. The van der Waals surface area contributed by atoms with Crippen LogP contribution in [-0.2, 0) is 4.74 Å². The number of carboxylic acid groups (broad SMARTS) is 1. The smallest absolute Gasteiger partial charge is 0.337 e. The van der Waals surface area contributed by atoms with E-state index in [0.29, 0.717) is 17.6 Å². The summed E-state index contributed by atoms with van der Waals surface area (Å²) in [5.74, 6) is -0.354.